The first-order valence-corrected chi connectivity index (χ1v) is 10.4. The van der Waals surface area contributed by atoms with Crippen molar-refractivity contribution in [3.63, 3.8) is 0 Å². The van der Waals surface area contributed by atoms with Gasteiger partial charge < -0.3 is 15.7 Å². The van der Waals surface area contributed by atoms with E-state index in [0.29, 0.717) is 11.5 Å². The van der Waals surface area contributed by atoms with Crippen molar-refractivity contribution in [3.8, 4) is 0 Å². The highest BCUT2D eigenvalue weighted by molar-refractivity contribution is 7.98. The van der Waals surface area contributed by atoms with Crippen molar-refractivity contribution < 1.29 is 14.7 Å². The van der Waals surface area contributed by atoms with Gasteiger partial charge in [-0.2, -0.15) is 16.9 Å². The third kappa shape index (κ3) is 5.11. The number of carboxylic acids is 1. The molecule has 2 aromatic rings. The van der Waals surface area contributed by atoms with Gasteiger partial charge in [-0.05, 0) is 43.5 Å². The Morgan fingerprint density at radius 3 is 2.89 bits per heavy atom. The maximum absolute atomic E-state index is 12.6. The van der Waals surface area contributed by atoms with Gasteiger partial charge in [-0.25, -0.2) is 0 Å². The Balaban J connectivity index is 0.000000516. The first-order chi connectivity index (χ1) is 13.4. The predicted molar refractivity (Wildman–Crippen MR) is 108 cm³/mol. The SMILES string of the molecule is CC(=O)O.Cn1nc2c(c1NC(=O)c1cncc(CC3CCNC3)c1)CSC2. The molecule has 1 saturated heterocycles. The van der Waals surface area contributed by atoms with Crippen LogP contribution in [0.4, 0.5) is 5.82 Å². The molecule has 0 saturated carbocycles. The standard InChI is InChI=1S/C17H21N5OS.C2H4O2/c1-22-16(14-9-24-10-15(14)21-22)20-17(23)13-5-12(7-19-8-13)4-11-2-3-18-6-11;1-2(3)4/h5,7-8,11,18H,2-4,6,9-10H2,1H3,(H,20,23);1H3,(H,3,4). The Kier molecular flexibility index (Phi) is 6.69. The summed E-state index contributed by atoms with van der Waals surface area (Å²) >= 11 is 1.83. The van der Waals surface area contributed by atoms with Crippen molar-refractivity contribution in [3.05, 3.63) is 40.8 Å². The summed E-state index contributed by atoms with van der Waals surface area (Å²) in [6, 6.07) is 1.96. The van der Waals surface area contributed by atoms with E-state index in [1.165, 1.54) is 6.42 Å². The minimum absolute atomic E-state index is 0.114. The fourth-order valence-electron chi connectivity index (χ4n) is 3.42. The van der Waals surface area contributed by atoms with Crippen molar-refractivity contribution >= 4 is 29.5 Å². The number of thioether (sulfide) groups is 1. The normalized spacial score (nSPS) is 17.6. The molecule has 28 heavy (non-hydrogen) atoms. The lowest BCUT2D eigenvalue weighted by Gasteiger charge is -2.10. The average Bonchev–Trinajstić information content (AvgIpc) is 3.35. The number of fused-ring (bicyclic) bond motifs is 1. The Morgan fingerprint density at radius 2 is 2.18 bits per heavy atom. The Hall–Kier alpha value is -2.39. The van der Waals surface area contributed by atoms with Crippen LogP contribution in [0.25, 0.3) is 0 Å². The van der Waals surface area contributed by atoms with E-state index in [1.54, 1.807) is 10.9 Å². The Bertz CT molecular complexity index is 857. The Labute approximate surface area is 168 Å². The highest BCUT2D eigenvalue weighted by Crippen LogP contribution is 2.34. The molecule has 0 bridgehead atoms. The van der Waals surface area contributed by atoms with E-state index >= 15 is 0 Å². The fourth-order valence-corrected chi connectivity index (χ4v) is 4.46. The molecule has 8 nitrogen and oxygen atoms in total. The summed E-state index contributed by atoms with van der Waals surface area (Å²) in [5, 5.41) is 18.3. The second kappa shape index (κ2) is 9.20. The van der Waals surface area contributed by atoms with E-state index in [4.69, 9.17) is 9.90 Å². The lowest BCUT2D eigenvalue weighted by Crippen LogP contribution is -2.16. The van der Waals surface area contributed by atoms with Crippen molar-refractivity contribution in [1.29, 1.82) is 0 Å². The van der Waals surface area contributed by atoms with Crippen LogP contribution in [0.3, 0.4) is 0 Å². The van der Waals surface area contributed by atoms with Gasteiger partial charge in [-0.3, -0.25) is 19.3 Å². The van der Waals surface area contributed by atoms with E-state index < -0.39 is 5.97 Å². The van der Waals surface area contributed by atoms with Crippen LogP contribution in [-0.2, 0) is 29.8 Å². The number of anilines is 1. The Morgan fingerprint density at radius 1 is 1.39 bits per heavy atom. The van der Waals surface area contributed by atoms with Crippen LogP contribution >= 0.6 is 11.8 Å². The number of aromatic nitrogens is 3. The number of carbonyl (C=O) groups is 2. The van der Waals surface area contributed by atoms with Gasteiger partial charge in [-0.15, -0.1) is 0 Å². The summed E-state index contributed by atoms with van der Waals surface area (Å²) in [5.41, 5.74) is 3.97. The monoisotopic (exact) mass is 403 g/mol. The van der Waals surface area contributed by atoms with Crippen LogP contribution in [-0.4, -0.2) is 44.8 Å². The lowest BCUT2D eigenvalue weighted by molar-refractivity contribution is -0.134. The second-order valence-electron chi connectivity index (χ2n) is 7.01. The molecule has 4 heterocycles. The highest BCUT2D eigenvalue weighted by Gasteiger charge is 2.23. The number of rotatable bonds is 4. The molecule has 150 valence electrons. The molecule has 1 atom stereocenters. The van der Waals surface area contributed by atoms with Crippen LogP contribution in [0.2, 0.25) is 0 Å². The third-order valence-electron chi connectivity index (χ3n) is 4.69. The minimum atomic E-state index is -0.833. The number of carboxylic acid groups (broad SMARTS) is 1. The fraction of sp³-hybridized carbons (Fsp3) is 0.474. The molecule has 0 spiro atoms. The number of nitrogens with one attached hydrogen (secondary N) is 2. The predicted octanol–water partition coefficient (Wildman–Crippen LogP) is 2.06. The largest absolute Gasteiger partial charge is 0.481 e. The molecule has 1 amide bonds. The van der Waals surface area contributed by atoms with Crippen molar-refractivity contribution in [2.75, 3.05) is 18.4 Å². The summed E-state index contributed by atoms with van der Waals surface area (Å²) in [6.45, 7) is 3.22. The molecular formula is C19H25N5O3S. The summed E-state index contributed by atoms with van der Waals surface area (Å²) in [6.07, 6.45) is 5.67. The van der Waals surface area contributed by atoms with Gasteiger partial charge in [-0.1, -0.05) is 0 Å². The van der Waals surface area contributed by atoms with Crippen LogP contribution < -0.4 is 10.6 Å². The molecule has 4 rings (SSSR count). The topological polar surface area (TPSA) is 109 Å². The van der Waals surface area contributed by atoms with Gasteiger partial charge in [0.2, 0.25) is 0 Å². The number of aryl methyl sites for hydroxylation is 1. The summed E-state index contributed by atoms with van der Waals surface area (Å²) in [7, 11) is 1.88. The molecule has 2 aliphatic heterocycles. The van der Waals surface area contributed by atoms with E-state index in [1.807, 2.05) is 31.1 Å². The number of nitrogens with zero attached hydrogens (tertiary/aromatic N) is 3. The van der Waals surface area contributed by atoms with Gasteiger partial charge in [0.05, 0.1) is 11.3 Å². The first-order valence-electron chi connectivity index (χ1n) is 9.22. The molecule has 9 heteroatoms. The maximum atomic E-state index is 12.6. The average molecular weight is 404 g/mol. The third-order valence-corrected chi connectivity index (χ3v) is 5.66. The van der Waals surface area contributed by atoms with Crippen LogP contribution in [0.5, 0.6) is 0 Å². The molecule has 0 aromatic carbocycles. The van der Waals surface area contributed by atoms with Crippen molar-refractivity contribution in [2.24, 2.45) is 13.0 Å². The van der Waals surface area contributed by atoms with E-state index in [-0.39, 0.29) is 5.91 Å². The van der Waals surface area contributed by atoms with Gasteiger partial charge in [0.25, 0.3) is 11.9 Å². The van der Waals surface area contributed by atoms with Gasteiger partial charge in [0, 0.05) is 43.4 Å². The number of hydrogen-bond acceptors (Lipinski definition) is 6. The number of amides is 1. The molecule has 0 radical (unpaired) electrons. The van der Waals surface area contributed by atoms with Crippen molar-refractivity contribution in [1.82, 2.24) is 20.1 Å². The zero-order valence-corrected chi connectivity index (χ0v) is 16.9. The second-order valence-corrected chi connectivity index (χ2v) is 7.99. The van der Waals surface area contributed by atoms with E-state index in [0.717, 1.165) is 60.6 Å². The molecular weight excluding hydrogens is 378 g/mol. The quantitative estimate of drug-likeness (QED) is 0.717. The number of aliphatic carboxylic acids is 1. The zero-order chi connectivity index (χ0) is 20.1. The van der Waals surface area contributed by atoms with Crippen LogP contribution in [0.1, 0.15) is 40.5 Å². The lowest BCUT2D eigenvalue weighted by atomic mass is 9.99. The van der Waals surface area contributed by atoms with Gasteiger partial charge >= 0.3 is 0 Å². The zero-order valence-electron chi connectivity index (χ0n) is 16.1. The summed E-state index contributed by atoms with van der Waals surface area (Å²) < 4.78 is 1.77. The summed E-state index contributed by atoms with van der Waals surface area (Å²) in [4.78, 5) is 25.9. The maximum Gasteiger partial charge on any atom is 0.300 e. The van der Waals surface area contributed by atoms with Crippen molar-refractivity contribution in [2.45, 2.75) is 31.3 Å². The molecule has 1 fully saturated rings. The smallest absolute Gasteiger partial charge is 0.300 e. The van der Waals surface area contributed by atoms with Crippen LogP contribution in [0, 0.1) is 5.92 Å². The molecule has 1 unspecified atom stereocenters. The minimum Gasteiger partial charge on any atom is -0.481 e. The molecule has 2 aromatic heterocycles. The number of hydrogen-bond donors (Lipinski definition) is 3. The van der Waals surface area contributed by atoms with Gasteiger partial charge in [0.1, 0.15) is 5.82 Å². The molecule has 3 N–H and O–H groups in total. The number of carbonyl (C=O) groups excluding carboxylic acids is 1. The van der Waals surface area contributed by atoms with Crippen LogP contribution in [0.15, 0.2) is 18.5 Å². The number of pyridine rings is 1. The molecule has 0 aliphatic carbocycles. The van der Waals surface area contributed by atoms with Gasteiger partial charge in [0.15, 0.2) is 0 Å². The highest BCUT2D eigenvalue weighted by atomic mass is 32.2. The van der Waals surface area contributed by atoms with E-state index in [2.05, 4.69) is 20.7 Å². The summed E-state index contributed by atoms with van der Waals surface area (Å²) in [5.74, 6) is 2.33. The molecule has 2 aliphatic rings. The first kappa shape index (κ1) is 20.3. The van der Waals surface area contributed by atoms with E-state index in [9.17, 15) is 4.79 Å².